The van der Waals surface area contributed by atoms with E-state index in [-0.39, 0.29) is 22.8 Å². The number of carbonyl (C=O) groups excluding carboxylic acids is 1. The van der Waals surface area contributed by atoms with Crippen LogP contribution in [-0.2, 0) is 4.79 Å². The van der Waals surface area contributed by atoms with Gasteiger partial charge in [0.15, 0.2) is 0 Å². The lowest BCUT2D eigenvalue weighted by molar-refractivity contribution is -0.384. The number of benzene rings is 1. The van der Waals surface area contributed by atoms with Gasteiger partial charge in [0.25, 0.3) is 11.6 Å². The zero-order chi connectivity index (χ0) is 16.8. The van der Waals surface area contributed by atoms with E-state index in [0.717, 1.165) is 0 Å². The molecule has 0 saturated heterocycles. The predicted molar refractivity (Wildman–Crippen MR) is 83.1 cm³/mol. The Labute approximate surface area is 132 Å². The van der Waals surface area contributed by atoms with E-state index in [2.05, 4.69) is 5.32 Å². The number of amides is 1. The van der Waals surface area contributed by atoms with Crippen molar-refractivity contribution in [2.24, 2.45) is 0 Å². The van der Waals surface area contributed by atoms with Crippen molar-refractivity contribution >= 4 is 17.7 Å². The minimum atomic E-state index is -0.501. The van der Waals surface area contributed by atoms with Gasteiger partial charge in [-0.05, 0) is 25.1 Å². The highest BCUT2D eigenvalue weighted by atomic mass is 16.6. The van der Waals surface area contributed by atoms with Crippen LogP contribution in [0.15, 0.2) is 46.4 Å². The maximum atomic E-state index is 11.7. The molecule has 23 heavy (non-hydrogen) atoms. The lowest BCUT2D eigenvalue weighted by atomic mass is 10.1. The van der Waals surface area contributed by atoms with Crippen molar-refractivity contribution in [3.63, 3.8) is 0 Å². The van der Waals surface area contributed by atoms with Crippen LogP contribution in [0.4, 0.5) is 5.69 Å². The number of nitriles is 1. The van der Waals surface area contributed by atoms with Crippen LogP contribution < -0.4 is 5.32 Å². The van der Waals surface area contributed by atoms with Crippen molar-refractivity contribution in [3.8, 4) is 17.4 Å². The average Bonchev–Trinajstić information content (AvgIpc) is 3.01. The maximum absolute atomic E-state index is 11.7. The van der Waals surface area contributed by atoms with Gasteiger partial charge in [-0.2, -0.15) is 5.26 Å². The summed E-state index contributed by atoms with van der Waals surface area (Å²) in [6.45, 7) is 2.14. The fraction of sp³-hybridized carbons (Fsp3) is 0.125. The van der Waals surface area contributed by atoms with Gasteiger partial charge in [0.1, 0.15) is 23.2 Å². The van der Waals surface area contributed by atoms with Gasteiger partial charge in [-0.15, -0.1) is 0 Å². The van der Waals surface area contributed by atoms with E-state index in [0.29, 0.717) is 12.1 Å². The summed E-state index contributed by atoms with van der Waals surface area (Å²) in [5, 5.41) is 22.6. The second-order valence-electron chi connectivity index (χ2n) is 4.51. The highest BCUT2D eigenvalue weighted by Gasteiger charge is 2.17. The molecule has 116 valence electrons. The van der Waals surface area contributed by atoms with Gasteiger partial charge >= 0.3 is 0 Å². The van der Waals surface area contributed by atoms with Crippen molar-refractivity contribution in [2.45, 2.75) is 6.92 Å². The summed E-state index contributed by atoms with van der Waals surface area (Å²) in [6, 6.07) is 11.1. The third-order valence-electron chi connectivity index (χ3n) is 2.98. The molecule has 0 radical (unpaired) electrons. The minimum Gasteiger partial charge on any atom is -0.456 e. The Bertz CT molecular complexity index is 815. The molecule has 7 heteroatoms. The van der Waals surface area contributed by atoms with Crippen molar-refractivity contribution in [3.05, 3.63) is 57.8 Å². The standard InChI is InChI=1S/C16H13N3O4/c1-2-18-16(20)11(10-17)9-12-7-8-15(23-12)13-5-3-4-6-14(13)19(21)22/h3-9H,2H2,1H3,(H,18,20). The van der Waals surface area contributed by atoms with Crippen molar-refractivity contribution in [1.82, 2.24) is 5.32 Å². The van der Waals surface area contributed by atoms with Gasteiger partial charge < -0.3 is 9.73 Å². The Morgan fingerprint density at radius 3 is 2.78 bits per heavy atom. The number of nitrogens with one attached hydrogen (secondary N) is 1. The number of rotatable bonds is 5. The summed E-state index contributed by atoms with van der Waals surface area (Å²) in [6.07, 6.45) is 1.29. The fourth-order valence-corrected chi connectivity index (χ4v) is 1.96. The molecule has 1 aromatic heterocycles. The monoisotopic (exact) mass is 311 g/mol. The van der Waals surface area contributed by atoms with Gasteiger partial charge in [-0.1, -0.05) is 12.1 Å². The zero-order valence-electron chi connectivity index (χ0n) is 12.3. The summed E-state index contributed by atoms with van der Waals surface area (Å²) >= 11 is 0. The normalized spacial score (nSPS) is 10.9. The molecule has 2 aromatic rings. The number of carbonyl (C=O) groups is 1. The second-order valence-corrected chi connectivity index (χ2v) is 4.51. The van der Waals surface area contributed by atoms with Crippen LogP contribution in [0.2, 0.25) is 0 Å². The first-order chi connectivity index (χ1) is 11.1. The van der Waals surface area contributed by atoms with Gasteiger partial charge in [0, 0.05) is 18.7 Å². The molecular weight excluding hydrogens is 298 g/mol. The number of likely N-dealkylation sites (N-methyl/N-ethyl adjacent to an activating group) is 1. The maximum Gasteiger partial charge on any atom is 0.280 e. The molecule has 0 aliphatic rings. The molecule has 0 spiro atoms. The van der Waals surface area contributed by atoms with Gasteiger partial charge in [0.05, 0.1) is 10.5 Å². The van der Waals surface area contributed by atoms with E-state index < -0.39 is 10.8 Å². The number of furan rings is 1. The number of hydrogen-bond donors (Lipinski definition) is 1. The number of para-hydroxylation sites is 1. The van der Waals surface area contributed by atoms with E-state index in [1.165, 1.54) is 12.1 Å². The van der Waals surface area contributed by atoms with Crippen LogP contribution in [0.3, 0.4) is 0 Å². The summed E-state index contributed by atoms with van der Waals surface area (Å²) in [7, 11) is 0. The summed E-state index contributed by atoms with van der Waals surface area (Å²) in [5.74, 6) is 0.0522. The molecule has 0 fully saturated rings. The van der Waals surface area contributed by atoms with E-state index in [4.69, 9.17) is 9.68 Å². The number of nitro groups is 1. The molecule has 1 heterocycles. The smallest absolute Gasteiger partial charge is 0.280 e. The molecule has 7 nitrogen and oxygen atoms in total. The Morgan fingerprint density at radius 2 is 2.13 bits per heavy atom. The first-order valence-electron chi connectivity index (χ1n) is 6.80. The summed E-state index contributed by atoms with van der Waals surface area (Å²) in [5.41, 5.74) is 0.144. The highest BCUT2D eigenvalue weighted by molar-refractivity contribution is 6.01. The summed E-state index contributed by atoms with van der Waals surface area (Å²) < 4.78 is 5.51. The molecule has 0 atom stereocenters. The van der Waals surface area contributed by atoms with Gasteiger partial charge in [-0.3, -0.25) is 14.9 Å². The zero-order valence-corrected chi connectivity index (χ0v) is 12.3. The molecule has 2 rings (SSSR count). The number of nitro benzene ring substituents is 1. The SMILES string of the molecule is CCNC(=O)C(C#N)=Cc1ccc(-c2ccccc2[N+](=O)[O-])o1. The van der Waals surface area contributed by atoms with Crippen LogP contribution >= 0.6 is 0 Å². The van der Waals surface area contributed by atoms with Crippen molar-refractivity contribution in [2.75, 3.05) is 6.54 Å². The van der Waals surface area contributed by atoms with E-state index >= 15 is 0 Å². The molecule has 0 aliphatic carbocycles. The molecule has 0 bridgehead atoms. The Morgan fingerprint density at radius 1 is 1.39 bits per heavy atom. The van der Waals surface area contributed by atoms with Crippen LogP contribution in [-0.4, -0.2) is 17.4 Å². The number of nitrogens with zero attached hydrogens (tertiary/aromatic N) is 2. The topological polar surface area (TPSA) is 109 Å². The first-order valence-corrected chi connectivity index (χ1v) is 6.80. The molecule has 0 aliphatic heterocycles. The van der Waals surface area contributed by atoms with Crippen LogP contribution in [0.5, 0.6) is 0 Å². The molecule has 0 unspecified atom stereocenters. The third-order valence-corrected chi connectivity index (χ3v) is 2.98. The quantitative estimate of drug-likeness (QED) is 0.395. The van der Waals surface area contributed by atoms with Gasteiger partial charge in [-0.25, -0.2) is 0 Å². The van der Waals surface area contributed by atoms with E-state index in [1.807, 2.05) is 0 Å². The lowest BCUT2D eigenvalue weighted by Crippen LogP contribution is -2.23. The van der Waals surface area contributed by atoms with E-state index in [1.54, 1.807) is 43.3 Å². The molecule has 1 N–H and O–H groups in total. The third kappa shape index (κ3) is 3.63. The lowest BCUT2D eigenvalue weighted by Gasteiger charge is -1.99. The highest BCUT2D eigenvalue weighted by Crippen LogP contribution is 2.31. The average molecular weight is 311 g/mol. The van der Waals surface area contributed by atoms with Crippen molar-refractivity contribution < 1.29 is 14.1 Å². The van der Waals surface area contributed by atoms with Crippen LogP contribution in [0.25, 0.3) is 17.4 Å². The second kappa shape index (κ2) is 7.04. The molecular formula is C16H13N3O4. The molecule has 1 amide bonds. The fourth-order valence-electron chi connectivity index (χ4n) is 1.96. The Kier molecular flexibility index (Phi) is 4.89. The van der Waals surface area contributed by atoms with E-state index in [9.17, 15) is 14.9 Å². The minimum absolute atomic E-state index is 0.0818. The largest absolute Gasteiger partial charge is 0.456 e. The Hall–Kier alpha value is -3.40. The molecule has 0 saturated carbocycles. The summed E-state index contributed by atoms with van der Waals surface area (Å²) in [4.78, 5) is 22.2. The predicted octanol–water partition coefficient (Wildman–Crippen LogP) is 2.90. The van der Waals surface area contributed by atoms with Crippen LogP contribution in [0, 0.1) is 21.4 Å². The van der Waals surface area contributed by atoms with Crippen molar-refractivity contribution in [1.29, 1.82) is 5.26 Å². The first kappa shape index (κ1) is 16.0. The number of hydrogen-bond acceptors (Lipinski definition) is 5. The van der Waals surface area contributed by atoms with Gasteiger partial charge in [0.2, 0.25) is 0 Å². The molecule has 1 aromatic carbocycles. The van der Waals surface area contributed by atoms with Crippen LogP contribution in [0.1, 0.15) is 12.7 Å². The Balaban J connectivity index is 2.37.